The molecular formula is C15H12F2N2O2. The summed E-state index contributed by atoms with van der Waals surface area (Å²) < 4.78 is 32.8. The molecule has 0 aromatic heterocycles. The minimum atomic E-state index is -0.689. The maximum Gasteiger partial charge on any atom is 0.265 e. The summed E-state index contributed by atoms with van der Waals surface area (Å²) in [4.78, 5) is 13.3. The molecule has 0 unspecified atom stereocenters. The molecule has 0 fully saturated rings. The number of ether oxygens (including phenoxy) is 1. The van der Waals surface area contributed by atoms with Crippen LogP contribution in [0.5, 0.6) is 5.75 Å². The van der Waals surface area contributed by atoms with E-state index in [1.165, 1.54) is 11.0 Å². The van der Waals surface area contributed by atoms with Crippen LogP contribution in [0.4, 0.5) is 20.2 Å². The van der Waals surface area contributed by atoms with E-state index in [1.54, 1.807) is 18.2 Å². The highest BCUT2D eigenvalue weighted by molar-refractivity contribution is 5.98. The molecule has 6 heteroatoms. The summed E-state index contributed by atoms with van der Waals surface area (Å²) in [5.41, 5.74) is 6.44. The summed E-state index contributed by atoms with van der Waals surface area (Å²) in [5.74, 6) is -1.32. The Hall–Kier alpha value is -2.63. The lowest BCUT2D eigenvalue weighted by Crippen LogP contribution is -2.38. The van der Waals surface area contributed by atoms with Gasteiger partial charge in [0.25, 0.3) is 5.91 Å². The molecule has 1 heterocycles. The Morgan fingerprint density at radius 1 is 1.19 bits per heavy atom. The predicted molar refractivity (Wildman–Crippen MR) is 73.9 cm³/mol. The zero-order chi connectivity index (χ0) is 15.0. The van der Waals surface area contributed by atoms with Crippen LogP contribution in [-0.2, 0) is 11.3 Å². The Morgan fingerprint density at radius 2 is 1.90 bits per heavy atom. The lowest BCUT2D eigenvalue weighted by Gasteiger charge is -2.29. The van der Waals surface area contributed by atoms with E-state index in [4.69, 9.17) is 10.5 Å². The number of hydrogen-bond acceptors (Lipinski definition) is 3. The highest BCUT2D eigenvalue weighted by Crippen LogP contribution is 2.35. The van der Waals surface area contributed by atoms with Gasteiger partial charge in [0.05, 0.1) is 12.2 Å². The second-order valence-electron chi connectivity index (χ2n) is 4.70. The molecule has 2 aromatic rings. The van der Waals surface area contributed by atoms with Gasteiger partial charge in [-0.2, -0.15) is 0 Å². The minimum absolute atomic E-state index is 0.157. The largest absolute Gasteiger partial charge is 0.481 e. The molecule has 0 saturated heterocycles. The van der Waals surface area contributed by atoms with Gasteiger partial charge in [-0.05, 0) is 24.3 Å². The fraction of sp³-hybridized carbons (Fsp3) is 0.133. The SMILES string of the molecule is Nc1ccc2c(c1)OCC(=O)N2Cc1c(F)cccc1F. The van der Waals surface area contributed by atoms with Gasteiger partial charge in [0.15, 0.2) is 6.61 Å². The summed E-state index contributed by atoms with van der Waals surface area (Å²) in [6.45, 7) is -0.385. The number of amides is 1. The topological polar surface area (TPSA) is 55.6 Å². The number of nitrogens with zero attached hydrogens (tertiary/aromatic N) is 1. The minimum Gasteiger partial charge on any atom is -0.481 e. The molecular weight excluding hydrogens is 278 g/mol. The van der Waals surface area contributed by atoms with Crippen molar-refractivity contribution in [2.24, 2.45) is 0 Å². The molecule has 3 rings (SSSR count). The second-order valence-corrected chi connectivity index (χ2v) is 4.70. The molecule has 0 saturated carbocycles. The third-order valence-corrected chi connectivity index (χ3v) is 3.30. The first-order chi connectivity index (χ1) is 10.1. The van der Waals surface area contributed by atoms with Crippen molar-refractivity contribution in [2.75, 3.05) is 17.2 Å². The van der Waals surface area contributed by atoms with Gasteiger partial charge in [0.1, 0.15) is 17.4 Å². The van der Waals surface area contributed by atoms with Crippen molar-refractivity contribution in [2.45, 2.75) is 6.54 Å². The van der Waals surface area contributed by atoms with Crippen molar-refractivity contribution in [3.05, 3.63) is 53.6 Å². The zero-order valence-corrected chi connectivity index (χ0v) is 11.0. The second kappa shape index (κ2) is 5.05. The first kappa shape index (κ1) is 13.4. The Bertz CT molecular complexity index is 699. The number of nitrogen functional groups attached to an aromatic ring is 1. The molecule has 4 nitrogen and oxygen atoms in total. The van der Waals surface area contributed by atoms with Crippen LogP contribution in [-0.4, -0.2) is 12.5 Å². The van der Waals surface area contributed by atoms with E-state index in [0.717, 1.165) is 12.1 Å². The van der Waals surface area contributed by atoms with E-state index in [2.05, 4.69) is 0 Å². The van der Waals surface area contributed by atoms with Crippen molar-refractivity contribution >= 4 is 17.3 Å². The van der Waals surface area contributed by atoms with Gasteiger partial charge in [-0.1, -0.05) is 6.07 Å². The number of hydrogen-bond donors (Lipinski definition) is 1. The molecule has 1 aliphatic rings. The van der Waals surface area contributed by atoms with Crippen LogP contribution >= 0.6 is 0 Å². The Labute approximate surface area is 119 Å². The van der Waals surface area contributed by atoms with Gasteiger partial charge >= 0.3 is 0 Å². The van der Waals surface area contributed by atoms with Crippen LogP contribution in [0, 0.1) is 11.6 Å². The monoisotopic (exact) mass is 290 g/mol. The number of halogens is 2. The summed E-state index contributed by atoms with van der Waals surface area (Å²) in [6.07, 6.45) is 0. The number of rotatable bonds is 2. The van der Waals surface area contributed by atoms with Crippen molar-refractivity contribution in [3.63, 3.8) is 0 Å². The maximum absolute atomic E-state index is 13.7. The normalized spacial score (nSPS) is 13.8. The Kier molecular flexibility index (Phi) is 3.21. The smallest absolute Gasteiger partial charge is 0.265 e. The zero-order valence-electron chi connectivity index (χ0n) is 11.0. The number of benzene rings is 2. The molecule has 1 amide bonds. The lowest BCUT2D eigenvalue weighted by molar-refractivity contribution is -0.121. The standard InChI is InChI=1S/C15H12F2N2O2/c16-11-2-1-3-12(17)10(11)7-19-13-5-4-9(18)6-14(13)21-8-15(19)20/h1-6H,7-8,18H2. The maximum atomic E-state index is 13.7. The van der Waals surface area contributed by atoms with E-state index < -0.39 is 11.6 Å². The third-order valence-electron chi connectivity index (χ3n) is 3.30. The number of anilines is 2. The highest BCUT2D eigenvalue weighted by atomic mass is 19.1. The van der Waals surface area contributed by atoms with Gasteiger partial charge in [0, 0.05) is 17.3 Å². The number of carbonyl (C=O) groups excluding carboxylic acids is 1. The number of nitrogens with two attached hydrogens (primary N) is 1. The average molecular weight is 290 g/mol. The third kappa shape index (κ3) is 2.40. The molecule has 108 valence electrons. The molecule has 0 bridgehead atoms. The molecule has 21 heavy (non-hydrogen) atoms. The van der Waals surface area contributed by atoms with E-state index >= 15 is 0 Å². The van der Waals surface area contributed by atoms with E-state index in [1.807, 2.05) is 0 Å². The van der Waals surface area contributed by atoms with Crippen molar-refractivity contribution in [1.29, 1.82) is 0 Å². The molecule has 0 atom stereocenters. The highest BCUT2D eigenvalue weighted by Gasteiger charge is 2.27. The summed E-state index contributed by atoms with van der Waals surface area (Å²) in [6, 6.07) is 8.38. The van der Waals surface area contributed by atoms with Gasteiger partial charge in [-0.3, -0.25) is 4.79 Å². The van der Waals surface area contributed by atoms with E-state index in [-0.39, 0.29) is 24.6 Å². The van der Waals surface area contributed by atoms with Gasteiger partial charge < -0.3 is 15.4 Å². The quantitative estimate of drug-likeness (QED) is 0.864. The van der Waals surface area contributed by atoms with Crippen LogP contribution in [0.2, 0.25) is 0 Å². The first-order valence-corrected chi connectivity index (χ1v) is 6.32. The predicted octanol–water partition coefficient (Wildman–Crippen LogP) is 2.47. The molecule has 2 aromatic carbocycles. The van der Waals surface area contributed by atoms with Crippen molar-refractivity contribution in [1.82, 2.24) is 0 Å². The summed E-state index contributed by atoms with van der Waals surface area (Å²) in [5, 5.41) is 0. The van der Waals surface area contributed by atoms with Crippen LogP contribution in [0.1, 0.15) is 5.56 Å². The van der Waals surface area contributed by atoms with Crippen LogP contribution in [0.15, 0.2) is 36.4 Å². The first-order valence-electron chi connectivity index (χ1n) is 6.32. The molecule has 0 spiro atoms. The fourth-order valence-corrected chi connectivity index (χ4v) is 2.24. The Morgan fingerprint density at radius 3 is 2.62 bits per heavy atom. The number of carbonyl (C=O) groups is 1. The molecule has 2 N–H and O–H groups in total. The van der Waals surface area contributed by atoms with Gasteiger partial charge in [-0.25, -0.2) is 8.78 Å². The summed E-state index contributed by atoms with van der Waals surface area (Å²) >= 11 is 0. The van der Waals surface area contributed by atoms with Crippen LogP contribution in [0.25, 0.3) is 0 Å². The van der Waals surface area contributed by atoms with E-state index in [0.29, 0.717) is 17.1 Å². The molecule has 0 aliphatic carbocycles. The Balaban J connectivity index is 2.01. The molecule has 0 radical (unpaired) electrons. The average Bonchev–Trinajstić information content (AvgIpc) is 2.45. The molecule has 1 aliphatic heterocycles. The van der Waals surface area contributed by atoms with Gasteiger partial charge in [-0.15, -0.1) is 0 Å². The van der Waals surface area contributed by atoms with Crippen molar-refractivity contribution in [3.8, 4) is 5.75 Å². The number of fused-ring (bicyclic) bond motifs is 1. The van der Waals surface area contributed by atoms with E-state index in [9.17, 15) is 13.6 Å². The van der Waals surface area contributed by atoms with Crippen molar-refractivity contribution < 1.29 is 18.3 Å². The summed E-state index contributed by atoms with van der Waals surface area (Å²) in [7, 11) is 0. The lowest BCUT2D eigenvalue weighted by atomic mass is 10.1. The fourth-order valence-electron chi connectivity index (χ4n) is 2.24. The van der Waals surface area contributed by atoms with Gasteiger partial charge in [0.2, 0.25) is 0 Å². The van der Waals surface area contributed by atoms with Crippen LogP contribution in [0.3, 0.4) is 0 Å². The van der Waals surface area contributed by atoms with Crippen LogP contribution < -0.4 is 15.4 Å².